The lowest BCUT2D eigenvalue weighted by molar-refractivity contribution is -0.0294. The minimum atomic E-state index is 0.0378. The van der Waals surface area contributed by atoms with Crippen LogP contribution in [0.3, 0.4) is 0 Å². The van der Waals surface area contributed by atoms with Crippen molar-refractivity contribution >= 4 is 15.9 Å². The van der Waals surface area contributed by atoms with Crippen LogP contribution in [0.15, 0.2) is 22.7 Å². The molecule has 1 saturated carbocycles. The van der Waals surface area contributed by atoms with Gasteiger partial charge in [0.25, 0.3) is 0 Å². The molecule has 1 aliphatic heterocycles. The molecule has 1 spiro atoms. The van der Waals surface area contributed by atoms with E-state index in [1.54, 1.807) is 0 Å². The van der Waals surface area contributed by atoms with Crippen molar-refractivity contribution in [1.29, 1.82) is 0 Å². The highest BCUT2D eigenvalue weighted by Crippen LogP contribution is 2.50. The normalized spacial score (nSPS) is 26.2. The van der Waals surface area contributed by atoms with E-state index in [1.807, 2.05) is 0 Å². The van der Waals surface area contributed by atoms with E-state index < -0.39 is 0 Å². The molecule has 0 bridgehead atoms. The molecule has 3 heteroatoms. The van der Waals surface area contributed by atoms with Crippen LogP contribution < -0.4 is 10.1 Å². The Bertz CT molecular complexity index is 516. The fourth-order valence-corrected chi connectivity index (χ4v) is 4.10. The zero-order valence-electron chi connectivity index (χ0n) is 13.3. The van der Waals surface area contributed by atoms with Crippen LogP contribution in [0.4, 0.5) is 0 Å². The molecular formula is C18H26BrNO. The molecule has 1 aromatic rings. The van der Waals surface area contributed by atoms with Crippen molar-refractivity contribution in [3.05, 3.63) is 28.2 Å². The predicted molar refractivity (Wildman–Crippen MR) is 90.8 cm³/mol. The molecule has 0 amide bonds. The van der Waals surface area contributed by atoms with Gasteiger partial charge >= 0.3 is 0 Å². The minimum Gasteiger partial charge on any atom is -0.487 e. The van der Waals surface area contributed by atoms with Gasteiger partial charge in [0, 0.05) is 22.5 Å². The number of hydrogen-bond acceptors (Lipinski definition) is 2. The van der Waals surface area contributed by atoms with Gasteiger partial charge in [-0.3, -0.25) is 0 Å². The SMILES string of the molecule is CCNC1CC2(CCC(C)(C)CC2)Oc2cc(Br)ccc21. The van der Waals surface area contributed by atoms with Crippen molar-refractivity contribution in [1.82, 2.24) is 5.32 Å². The molecule has 1 aliphatic carbocycles. The van der Waals surface area contributed by atoms with E-state index in [0.29, 0.717) is 11.5 Å². The topological polar surface area (TPSA) is 21.3 Å². The van der Waals surface area contributed by atoms with Crippen molar-refractivity contribution in [2.45, 2.75) is 64.5 Å². The fourth-order valence-electron chi connectivity index (χ4n) is 3.76. The van der Waals surface area contributed by atoms with Crippen molar-refractivity contribution in [3.8, 4) is 5.75 Å². The zero-order chi connectivity index (χ0) is 15.1. The van der Waals surface area contributed by atoms with E-state index in [4.69, 9.17) is 4.74 Å². The Hall–Kier alpha value is -0.540. The third-order valence-electron chi connectivity index (χ3n) is 5.22. The molecule has 3 rings (SSSR count). The van der Waals surface area contributed by atoms with E-state index >= 15 is 0 Å². The summed E-state index contributed by atoms with van der Waals surface area (Å²) >= 11 is 3.58. The first-order valence-corrected chi connectivity index (χ1v) is 8.94. The van der Waals surface area contributed by atoms with Gasteiger partial charge < -0.3 is 10.1 Å². The van der Waals surface area contributed by atoms with Gasteiger partial charge in [0.2, 0.25) is 0 Å². The summed E-state index contributed by atoms with van der Waals surface area (Å²) in [5.74, 6) is 1.07. The second-order valence-corrected chi connectivity index (χ2v) is 8.36. The van der Waals surface area contributed by atoms with Gasteiger partial charge in [0.1, 0.15) is 11.4 Å². The van der Waals surface area contributed by atoms with Gasteiger partial charge in [-0.2, -0.15) is 0 Å². The Balaban J connectivity index is 1.90. The van der Waals surface area contributed by atoms with E-state index in [1.165, 1.54) is 31.2 Å². The quantitative estimate of drug-likeness (QED) is 0.788. The Morgan fingerprint density at radius 2 is 1.95 bits per heavy atom. The number of fused-ring (bicyclic) bond motifs is 1. The highest BCUT2D eigenvalue weighted by Gasteiger charge is 2.45. The van der Waals surface area contributed by atoms with Crippen LogP contribution in [0.1, 0.15) is 64.5 Å². The maximum atomic E-state index is 6.54. The summed E-state index contributed by atoms with van der Waals surface area (Å²) in [5, 5.41) is 3.66. The van der Waals surface area contributed by atoms with Crippen LogP contribution in [-0.4, -0.2) is 12.1 Å². The van der Waals surface area contributed by atoms with Crippen molar-refractivity contribution < 1.29 is 4.74 Å². The van der Waals surface area contributed by atoms with Crippen LogP contribution in [0.25, 0.3) is 0 Å². The molecule has 1 aromatic carbocycles. The van der Waals surface area contributed by atoms with Crippen LogP contribution in [0.2, 0.25) is 0 Å². The molecule has 116 valence electrons. The summed E-state index contributed by atoms with van der Waals surface area (Å²) in [6.07, 6.45) is 5.97. The Morgan fingerprint density at radius 1 is 1.24 bits per heavy atom. The standard InChI is InChI=1S/C18H26BrNO/c1-4-20-15-12-18(9-7-17(2,3)8-10-18)21-16-11-13(19)5-6-14(15)16/h5-6,11,15,20H,4,7-10,12H2,1-3H3. The Kier molecular flexibility index (Phi) is 4.08. The number of halogens is 1. The molecule has 2 nitrogen and oxygen atoms in total. The lowest BCUT2D eigenvalue weighted by atomic mass is 9.68. The third kappa shape index (κ3) is 3.14. The average molecular weight is 352 g/mol. The van der Waals surface area contributed by atoms with Crippen LogP contribution in [0, 0.1) is 5.41 Å². The Morgan fingerprint density at radius 3 is 2.62 bits per heavy atom. The molecule has 1 fully saturated rings. The predicted octanol–water partition coefficient (Wildman–Crippen LogP) is 5.22. The van der Waals surface area contributed by atoms with Gasteiger partial charge in [-0.15, -0.1) is 0 Å². The second kappa shape index (κ2) is 5.58. The first kappa shape index (κ1) is 15.4. The summed E-state index contributed by atoms with van der Waals surface area (Å²) in [6, 6.07) is 6.88. The van der Waals surface area contributed by atoms with Crippen molar-refractivity contribution in [2.24, 2.45) is 5.41 Å². The molecule has 1 heterocycles. The maximum absolute atomic E-state index is 6.54. The summed E-state index contributed by atoms with van der Waals surface area (Å²) < 4.78 is 7.64. The van der Waals surface area contributed by atoms with E-state index in [0.717, 1.165) is 23.2 Å². The largest absolute Gasteiger partial charge is 0.487 e. The molecule has 21 heavy (non-hydrogen) atoms. The summed E-state index contributed by atoms with van der Waals surface area (Å²) in [7, 11) is 0. The first-order chi connectivity index (χ1) is 9.93. The van der Waals surface area contributed by atoms with Gasteiger partial charge in [-0.05, 0) is 49.8 Å². The molecular weight excluding hydrogens is 326 g/mol. The van der Waals surface area contributed by atoms with Gasteiger partial charge in [0.15, 0.2) is 0 Å². The number of nitrogens with one attached hydrogen (secondary N) is 1. The number of hydrogen-bond donors (Lipinski definition) is 1. The van der Waals surface area contributed by atoms with Crippen LogP contribution in [-0.2, 0) is 0 Å². The first-order valence-electron chi connectivity index (χ1n) is 8.15. The summed E-state index contributed by atoms with van der Waals surface area (Å²) in [6.45, 7) is 7.95. The number of rotatable bonds is 2. The molecule has 1 N–H and O–H groups in total. The monoisotopic (exact) mass is 351 g/mol. The van der Waals surface area contributed by atoms with Gasteiger partial charge in [0.05, 0.1) is 0 Å². The highest BCUT2D eigenvalue weighted by atomic mass is 79.9. The lowest BCUT2D eigenvalue weighted by Gasteiger charge is -2.48. The number of benzene rings is 1. The maximum Gasteiger partial charge on any atom is 0.126 e. The van der Waals surface area contributed by atoms with E-state index in [-0.39, 0.29) is 5.60 Å². The lowest BCUT2D eigenvalue weighted by Crippen LogP contribution is -2.47. The molecule has 0 saturated heterocycles. The average Bonchev–Trinajstić information content (AvgIpc) is 2.43. The number of ether oxygens (including phenoxy) is 1. The molecule has 0 radical (unpaired) electrons. The zero-order valence-corrected chi connectivity index (χ0v) is 14.9. The highest BCUT2D eigenvalue weighted by molar-refractivity contribution is 9.10. The van der Waals surface area contributed by atoms with E-state index in [2.05, 4.69) is 60.2 Å². The van der Waals surface area contributed by atoms with Crippen LogP contribution in [0.5, 0.6) is 5.75 Å². The summed E-state index contributed by atoms with van der Waals surface area (Å²) in [4.78, 5) is 0. The van der Waals surface area contributed by atoms with E-state index in [9.17, 15) is 0 Å². The van der Waals surface area contributed by atoms with Crippen molar-refractivity contribution in [3.63, 3.8) is 0 Å². The smallest absolute Gasteiger partial charge is 0.126 e. The van der Waals surface area contributed by atoms with Crippen molar-refractivity contribution in [2.75, 3.05) is 6.54 Å². The molecule has 2 aliphatic rings. The molecule has 0 aromatic heterocycles. The van der Waals surface area contributed by atoms with Crippen LogP contribution >= 0.6 is 15.9 Å². The Labute approximate surface area is 136 Å². The molecule has 1 unspecified atom stereocenters. The second-order valence-electron chi connectivity index (χ2n) is 7.45. The third-order valence-corrected chi connectivity index (χ3v) is 5.71. The minimum absolute atomic E-state index is 0.0378. The van der Waals surface area contributed by atoms with Gasteiger partial charge in [-0.25, -0.2) is 0 Å². The summed E-state index contributed by atoms with van der Waals surface area (Å²) in [5.41, 5.74) is 1.83. The molecule has 1 atom stereocenters. The fraction of sp³-hybridized carbons (Fsp3) is 0.667. The van der Waals surface area contributed by atoms with Gasteiger partial charge in [-0.1, -0.05) is 42.8 Å².